The van der Waals surface area contributed by atoms with Crippen LogP contribution in [0.5, 0.6) is 0 Å². The number of nitrogens with zero attached hydrogens (tertiary/aromatic N) is 1. The first-order valence-corrected chi connectivity index (χ1v) is 11.2. The Kier molecular flexibility index (Phi) is 7.46. The van der Waals surface area contributed by atoms with E-state index >= 15 is 0 Å². The van der Waals surface area contributed by atoms with Gasteiger partial charge in [-0.05, 0) is 78.7 Å². The van der Waals surface area contributed by atoms with Crippen LogP contribution >= 0.6 is 28.1 Å². The summed E-state index contributed by atoms with van der Waals surface area (Å²) in [7, 11) is 0. The molecule has 0 spiro atoms. The zero-order valence-corrected chi connectivity index (χ0v) is 20.0. The summed E-state index contributed by atoms with van der Waals surface area (Å²) >= 11 is 8.92. The molecule has 2 N–H and O–H groups in total. The highest BCUT2D eigenvalue weighted by Crippen LogP contribution is 2.32. The highest BCUT2D eigenvalue weighted by atomic mass is 79.9. The molecule has 0 saturated carbocycles. The van der Waals surface area contributed by atoms with Gasteiger partial charge in [0, 0.05) is 22.4 Å². The molecule has 0 saturated heterocycles. The Labute approximate surface area is 195 Å². The number of benzene rings is 2. The molecule has 6 nitrogen and oxygen atoms in total. The van der Waals surface area contributed by atoms with Crippen LogP contribution < -0.4 is 10.6 Å². The number of rotatable bonds is 6. The third-order valence-corrected chi connectivity index (χ3v) is 6.03. The SMILES string of the molecule is CCOC(=O)C1=C(C)N(CC)C(=S)NC1c1cccc(NC(=O)c2ccccc2Br)c1. The second kappa shape index (κ2) is 10.1. The summed E-state index contributed by atoms with van der Waals surface area (Å²) in [6.45, 7) is 6.53. The minimum Gasteiger partial charge on any atom is -0.463 e. The van der Waals surface area contributed by atoms with Crippen LogP contribution in [-0.2, 0) is 9.53 Å². The number of amides is 1. The van der Waals surface area contributed by atoms with Crippen molar-refractivity contribution in [3.63, 3.8) is 0 Å². The van der Waals surface area contributed by atoms with Crippen molar-refractivity contribution in [1.82, 2.24) is 10.2 Å². The molecule has 2 aromatic rings. The number of hydrogen-bond acceptors (Lipinski definition) is 4. The monoisotopic (exact) mass is 501 g/mol. The number of hydrogen-bond donors (Lipinski definition) is 2. The van der Waals surface area contributed by atoms with Gasteiger partial charge in [0.05, 0.1) is 23.8 Å². The van der Waals surface area contributed by atoms with Crippen LogP contribution in [0.3, 0.4) is 0 Å². The molecule has 0 radical (unpaired) electrons. The van der Waals surface area contributed by atoms with Crippen molar-refractivity contribution in [2.45, 2.75) is 26.8 Å². The first-order valence-electron chi connectivity index (χ1n) is 9.99. The Morgan fingerprint density at radius 3 is 2.61 bits per heavy atom. The highest BCUT2D eigenvalue weighted by Gasteiger charge is 2.34. The van der Waals surface area contributed by atoms with Crippen molar-refractivity contribution in [2.75, 3.05) is 18.5 Å². The Hall–Kier alpha value is -2.71. The van der Waals surface area contributed by atoms with E-state index in [1.165, 1.54) is 0 Å². The first-order chi connectivity index (χ1) is 14.9. The predicted octanol–water partition coefficient (Wildman–Crippen LogP) is 4.79. The third-order valence-electron chi connectivity index (χ3n) is 5.00. The lowest BCUT2D eigenvalue weighted by Crippen LogP contribution is -2.47. The second-order valence-corrected chi connectivity index (χ2v) is 8.15. The molecule has 162 valence electrons. The van der Waals surface area contributed by atoms with Crippen LogP contribution in [-0.4, -0.2) is 35.0 Å². The number of anilines is 1. The number of esters is 1. The quantitative estimate of drug-likeness (QED) is 0.438. The number of ether oxygens (including phenoxy) is 1. The number of nitrogens with one attached hydrogen (secondary N) is 2. The standard InChI is InChI=1S/C23H24BrN3O3S/c1-4-27-14(3)19(22(29)30-5-2)20(26-23(27)31)15-9-8-10-16(13-15)25-21(28)17-11-6-7-12-18(17)24/h6-13,20H,4-5H2,1-3H3,(H,25,28)(H,26,31). The third kappa shape index (κ3) is 4.97. The predicted molar refractivity (Wildman–Crippen MR) is 129 cm³/mol. The lowest BCUT2D eigenvalue weighted by Gasteiger charge is -2.37. The molecule has 2 aromatic carbocycles. The summed E-state index contributed by atoms with van der Waals surface area (Å²) < 4.78 is 6.03. The van der Waals surface area contributed by atoms with Gasteiger partial charge in [-0.25, -0.2) is 4.79 Å². The van der Waals surface area contributed by atoms with Crippen molar-refractivity contribution < 1.29 is 14.3 Å². The van der Waals surface area contributed by atoms with Gasteiger partial charge in [0.25, 0.3) is 5.91 Å². The summed E-state index contributed by atoms with van der Waals surface area (Å²) in [6, 6.07) is 14.1. The molecule has 31 heavy (non-hydrogen) atoms. The van der Waals surface area contributed by atoms with Gasteiger partial charge in [-0.15, -0.1) is 0 Å². The van der Waals surface area contributed by atoms with Gasteiger partial charge in [-0.1, -0.05) is 24.3 Å². The van der Waals surface area contributed by atoms with Crippen LogP contribution in [0.2, 0.25) is 0 Å². The van der Waals surface area contributed by atoms with Gasteiger partial charge in [-0.3, -0.25) is 4.79 Å². The van der Waals surface area contributed by atoms with Gasteiger partial charge in [0.1, 0.15) is 0 Å². The van der Waals surface area contributed by atoms with Crippen molar-refractivity contribution in [1.29, 1.82) is 0 Å². The number of thiocarbonyl (C=S) groups is 1. The van der Waals surface area contributed by atoms with E-state index in [0.717, 1.165) is 11.3 Å². The Morgan fingerprint density at radius 2 is 1.94 bits per heavy atom. The molecular weight excluding hydrogens is 478 g/mol. The number of carbonyl (C=O) groups is 2. The molecule has 1 unspecified atom stereocenters. The summed E-state index contributed by atoms with van der Waals surface area (Å²) in [4.78, 5) is 27.4. The molecule has 1 heterocycles. The molecule has 1 atom stereocenters. The normalized spacial score (nSPS) is 16.1. The van der Waals surface area contributed by atoms with Crippen molar-refractivity contribution >= 4 is 50.8 Å². The summed E-state index contributed by atoms with van der Waals surface area (Å²) in [6.07, 6.45) is 0. The fourth-order valence-corrected chi connectivity index (χ4v) is 4.37. The summed E-state index contributed by atoms with van der Waals surface area (Å²) in [5, 5.41) is 6.71. The Morgan fingerprint density at radius 1 is 1.19 bits per heavy atom. The second-order valence-electron chi connectivity index (χ2n) is 6.91. The van der Waals surface area contributed by atoms with E-state index in [0.29, 0.717) is 33.0 Å². The van der Waals surface area contributed by atoms with Crippen LogP contribution in [0.4, 0.5) is 5.69 Å². The summed E-state index contributed by atoms with van der Waals surface area (Å²) in [5.41, 5.74) is 3.21. The zero-order chi connectivity index (χ0) is 22.5. The van der Waals surface area contributed by atoms with Crippen molar-refractivity contribution in [3.05, 3.63) is 75.4 Å². The van der Waals surface area contributed by atoms with Gasteiger partial charge in [0.15, 0.2) is 5.11 Å². The van der Waals surface area contributed by atoms with E-state index in [1.54, 1.807) is 19.1 Å². The maximum absolute atomic E-state index is 12.8. The van der Waals surface area contributed by atoms with E-state index in [-0.39, 0.29) is 18.5 Å². The number of carbonyl (C=O) groups excluding carboxylic acids is 2. The molecular formula is C23H24BrN3O3S. The lowest BCUT2D eigenvalue weighted by atomic mass is 9.94. The molecule has 3 rings (SSSR count). The van der Waals surface area contributed by atoms with Crippen molar-refractivity contribution in [3.8, 4) is 0 Å². The molecule has 0 aliphatic carbocycles. The zero-order valence-electron chi connectivity index (χ0n) is 17.6. The van der Waals surface area contributed by atoms with Gasteiger partial charge in [0.2, 0.25) is 0 Å². The van der Waals surface area contributed by atoms with Crippen molar-refractivity contribution in [2.24, 2.45) is 0 Å². The van der Waals surface area contributed by atoms with E-state index in [2.05, 4.69) is 26.6 Å². The number of halogens is 1. The molecule has 8 heteroatoms. The molecule has 1 aliphatic rings. The number of allylic oxidation sites excluding steroid dienone is 1. The van der Waals surface area contributed by atoms with Gasteiger partial charge in [-0.2, -0.15) is 0 Å². The maximum atomic E-state index is 12.8. The largest absolute Gasteiger partial charge is 0.463 e. The fraction of sp³-hybridized carbons (Fsp3) is 0.261. The minimum absolute atomic E-state index is 0.230. The average molecular weight is 502 g/mol. The average Bonchev–Trinajstić information content (AvgIpc) is 2.74. The van der Waals surface area contributed by atoms with Gasteiger partial charge >= 0.3 is 5.97 Å². The van der Waals surface area contributed by atoms with Gasteiger partial charge < -0.3 is 20.3 Å². The molecule has 1 amide bonds. The topological polar surface area (TPSA) is 70.7 Å². The maximum Gasteiger partial charge on any atom is 0.338 e. The molecule has 1 aliphatic heterocycles. The van der Waals surface area contributed by atoms with E-state index in [4.69, 9.17) is 17.0 Å². The minimum atomic E-state index is -0.477. The molecule has 0 aromatic heterocycles. The summed E-state index contributed by atoms with van der Waals surface area (Å²) in [5.74, 6) is -0.618. The van der Waals surface area contributed by atoms with Crippen LogP contribution in [0, 0.1) is 0 Å². The van der Waals surface area contributed by atoms with Crippen LogP contribution in [0.1, 0.15) is 42.7 Å². The highest BCUT2D eigenvalue weighted by molar-refractivity contribution is 9.10. The molecule has 0 fully saturated rings. The fourth-order valence-electron chi connectivity index (χ4n) is 3.53. The van der Waals surface area contributed by atoms with E-state index in [9.17, 15) is 9.59 Å². The smallest absolute Gasteiger partial charge is 0.338 e. The first kappa shape index (κ1) is 23.0. The van der Waals surface area contributed by atoms with Crippen LogP contribution in [0.15, 0.2) is 64.3 Å². The lowest BCUT2D eigenvalue weighted by molar-refractivity contribution is -0.139. The molecule has 0 bridgehead atoms. The van der Waals surface area contributed by atoms with E-state index in [1.807, 2.05) is 55.1 Å². The van der Waals surface area contributed by atoms with Crippen LogP contribution in [0.25, 0.3) is 0 Å². The Balaban J connectivity index is 1.95. The van der Waals surface area contributed by atoms with E-state index < -0.39 is 6.04 Å². The Bertz CT molecular complexity index is 1050.